The molecule has 0 saturated carbocycles. The van der Waals surface area contributed by atoms with E-state index in [0.717, 1.165) is 11.5 Å². The third-order valence-electron chi connectivity index (χ3n) is 2.81. The molecule has 0 aliphatic heterocycles. The maximum absolute atomic E-state index is 12.3. The minimum absolute atomic E-state index is 0.0194. The van der Waals surface area contributed by atoms with Crippen LogP contribution >= 0.6 is 0 Å². The molecule has 0 N–H and O–H groups in total. The number of aromatic nitrogens is 1. The van der Waals surface area contributed by atoms with Gasteiger partial charge in [-0.15, -0.1) is 0 Å². The Bertz CT molecular complexity index is 562. The van der Waals surface area contributed by atoms with Crippen LogP contribution in [0, 0.1) is 6.92 Å². The lowest BCUT2D eigenvalue weighted by molar-refractivity contribution is 0.103. The number of anilines is 1. The van der Waals surface area contributed by atoms with Crippen LogP contribution in [0.5, 0.6) is 0 Å². The Kier molecular flexibility index (Phi) is 3.42. The zero-order valence-electron chi connectivity index (χ0n) is 10.8. The lowest BCUT2D eigenvalue weighted by Crippen LogP contribution is -2.13. The van der Waals surface area contributed by atoms with Gasteiger partial charge < -0.3 is 4.90 Å². The first-order chi connectivity index (χ1) is 8.59. The average molecular weight is 240 g/mol. The summed E-state index contributed by atoms with van der Waals surface area (Å²) in [6.07, 6.45) is 0. The van der Waals surface area contributed by atoms with Gasteiger partial charge in [-0.3, -0.25) is 4.79 Å². The van der Waals surface area contributed by atoms with Gasteiger partial charge in [0.1, 0.15) is 5.82 Å². The summed E-state index contributed by atoms with van der Waals surface area (Å²) in [5.41, 5.74) is 2.11. The van der Waals surface area contributed by atoms with Crippen molar-refractivity contribution >= 4 is 11.6 Å². The normalized spacial score (nSPS) is 10.2. The number of carbonyl (C=O) groups is 1. The van der Waals surface area contributed by atoms with Crippen molar-refractivity contribution < 1.29 is 4.79 Å². The largest absolute Gasteiger partial charge is 0.363 e. The van der Waals surface area contributed by atoms with Crippen LogP contribution in [0.2, 0.25) is 0 Å². The van der Waals surface area contributed by atoms with Gasteiger partial charge in [0, 0.05) is 25.2 Å². The molecule has 92 valence electrons. The maximum Gasteiger partial charge on any atom is 0.194 e. The Morgan fingerprint density at radius 2 is 1.72 bits per heavy atom. The second-order valence-corrected chi connectivity index (χ2v) is 4.39. The summed E-state index contributed by atoms with van der Waals surface area (Å²) in [6.45, 7) is 1.86. The van der Waals surface area contributed by atoms with Crippen LogP contribution < -0.4 is 4.90 Å². The number of rotatable bonds is 3. The van der Waals surface area contributed by atoms with Gasteiger partial charge in [0.2, 0.25) is 0 Å². The van der Waals surface area contributed by atoms with Gasteiger partial charge in [-0.05, 0) is 19.1 Å². The zero-order chi connectivity index (χ0) is 13.1. The molecule has 0 aliphatic rings. The number of ketones is 1. The minimum atomic E-state index is 0.0194. The van der Waals surface area contributed by atoms with Gasteiger partial charge in [-0.2, -0.15) is 0 Å². The van der Waals surface area contributed by atoms with Crippen molar-refractivity contribution in [3.05, 3.63) is 59.3 Å². The molecule has 1 aromatic carbocycles. The Labute approximate surface area is 107 Å². The van der Waals surface area contributed by atoms with Crippen molar-refractivity contribution in [1.82, 2.24) is 4.98 Å². The minimum Gasteiger partial charge on any atom is -0.363 e. The average Bonchev–Trinajstić information content (AvgIpc) is 2.38. The number of aryl methyl sites for hydroxylation is 1. The Morgan fingerprint density at radius 3 is 2.28 bits per heavy atom. The van der Waals surface area contributed by atoms with Gasteiger partial charge >= 0.3 is 0 Å². The van der Waals surface area contributed by atoms with Gasteiger partial charge in [0.15, 0.2) is 5.78 Å². The predicted molar refractivity (Wildman–Crippen MR) is 73.2 cm³/mol. The van der Waals surface area contributed by atoms with E-state index in [1.54, 1.807) is 0 Å². The van der Waals surface area contributed by atoms with E-state index >= 15 is 0 Å². The van der Waals surface area contributed by atoms with Gasteiger partial charge in [0.25, 0.3) is 0 Å². The first-order valence-electron chi connectivity index (χ1n) is 5.84. The summed E-state index contributed by atoms with van der Waals surface area (Å²) in [6, 6.07) is 13.0. The molecule has 0 atom stereocenters. The summed E-state index contributed by atoms with van der Waals surface area (Å²) in [5, 5.41) is 0. The van der Waals surface area contributed by atoms with Gasteiger partial charge in [-0.1, -0.05) is 30.3 Å². The van der Waals surface area contributed by atoms with E-state index in [1.807, 2.05) is 68.4 Å². The molecule has 0 amide bonds. The lowest BCUT2D eigenvalue weighted by atomic mass is 10.0. The van der Waals surface area contributed by atoms with Gasteiger partial charge in [0.05, 0.1) is 5.69 Å². The molecule has 0 spiro atoms. The van der Waals surface area contributed by atoms with Crippen LogP contribution in [0.15, 0.2) is 42.5 Å². The number of nitrogens with zero attached hydrogens (tertiary/aromatic N) is 2. The summed E-state index contributed by atoms with van der Waals surface area (Å²) < 4.78 is 0. The van der Waals surface area contributed by atoms with Crippen molar-refractivity contribution in [3.63, 3.8) is 0 Å². The molecule has 0 radical (unpaired) electrons. The fourth-order valence-electron chi connectivity index (χ4n) is 1.78. The van der Waals surface area contributed by atoms with Crippen LogP contribution in [0.4, 0.5) is 5.82 Å². The second kappa shape index (κ2) is 5.00. The van der Waals surface area contributed by atoms with Crippen molar-refractivity contribution in [1.29, 1.82) is 0 Å². The van der Waals surface area contributed by atoms with Crippen molar-refractivity contribution in [2.45, 2.75) is 6.92 Å². The van der Waals surface area contributed by atoms with E-state index in [0.29, 0.717) is 11.1 Å². The molecule has 3 heteroatoms. The van der Waals surface area contributed by atoms with E-state index in [-0.39, 0.29) is 5.78 Å². The zero-order valence-corrected chi connectivity index (χ0v) is 10.8. The van der Waals surface area contributed by atoms with E-state index < -0.39 is 0 Å². The summed E-state index contributed by atoms with van der Waals surface area (Å²) in [4.78, 5) is 18.6. The number of hydrogen-bond donors (Lipinski definition) is 0. The fraction of sp³-hybridized carbons (Fsp3) is 0.200. The van der Waals surface area contributed by atoms with Crippen LogP contribution in [0.3, 0.4) is 0 Å². The summed E-state index contributed by atoms with van der Waals surface area (Å²) in [7, 11) is 3.86. The fourth-order valence-corrected chi connectivity index (χ4v) is 1.78. The maximum atomic E-state index is 12.3. The van der Waals surface area contributed by atoms with E-state index in [9.17, 15) is 4.79 Å². The molecule has 1 heterocycles. The van der Waals surface area contributed by atoms with Crippen LogP contribution in [-0.2, 0) is 0 Å². The van der Waals surface area contributed by atoms with E-state index in [2.05, 4.69) is 4.98 Å². The molecule has 0 bridgehead atoms. The standard InChI is InChI=1S/C15H16N2O/c1-11-13(9-10-14(16-11)17(2)3)15(18)12-7-5-4-6-8-12/h4-10H,1-3H3. The predicted octanol–water partition coefficient (Wildman–Crippen LogP) is 2.69. The SMILES string of the molecule is Cc1nc(N(C)C)ccc1C(=O)c1ccccc1. The third-order valence-corrected chi connectivity index (χ3v) is 2.81. The second-order valence-electron chi connectivity index (χ2n) is 4.39. The molecular weight excluding hydrogens is 224 g/mol. The molecule has 0 unspecified atom stereocenters. The van der Waals surface area contributed by atoms with Crippen molar-refractivity contribution in [3.8, 4) is 0 Å². The molecule has 18 heavy (non-hydrogen) atoms. The number of carbonyl (C=O) groups excluding carboxylic acids is 1. The highest BCUT2D eigenvalue weighted by Gasteiger charge is 2.12. The molecule has 1 aromatic heterocycles. The van der Waals surface area contributed by atoms with Crippen LogP contribution in [0.1, 0.15) is 21.6 Å². The van der Waals surface area contributed by atoms with Crippen molar-refractivity contribution in [2.75, 3.05) is 19.0 Å². The molecule has 0 fully saturated rings. The Balaban J connectivity index is 2.38. The van der Waals surface area contributed by atoms with Crippen LogP contribution in [-0.4, -0.2) is 24.9 Å². The highest BCUT2D eigenvalue weighted by atomic mass is 16.1. The van der Waals surface area contributed by atoms with E-state index in [1.165, 1.54) is 0 Å². The lowest BCUT2D eigenvalue weighted by Gasteiger charge is -2.13. The molecule has 3 nitrogen and oxygen atoms in total. The van der Waals surface area contributed by atoms with E-state index in [4.69, 9.17) is 0 Å². The smallest absolute Gasteiger partial charge is 0.194 e. The van der Waals surface area contributed by atoms with Crippen LogP contribution in [0.25, 0.3) is 0 Å². The monoisotopic (exact) mass is 240 g/mol. The molecule has 2 aromatic rings. The van der Waals surface area contributed by atoms with Crippen molar-refractivity contribution in [2.24, 2.45) is 0 Å². The highest BCUT2D eigenvalue weighted by molar-refractivity contribution is 6.09. The third kappa shape index (κ3) is 2.40. The van der Waals surface area contributed by atoms with Gasteiger partial charge in [-0.25, -0.2) is 4.98 Å². The quantitative estimate of drug-likeness (QED) is 0.773. The first-order valence-corrected chi connectivity index (χ1v) is 5.84. The molecule has 0 saturated heterocycles. The molecular formula is C15H16N2O. The summed E-state index contributed by atoms with van der Waals surface area (Å²) in [5.74, 6) is 0.878. The summed E-state index contributed by atoms with van der Waals surface area (Å²) >= 11 is 0. The highest BCUT2D eigenvalue weighted by Crippen LogP contribution is 2.16. The number of hydrogen-bond acceptors (Lipinski definition) is 3. The number of pyridine rings is 1. The molecule has 0 aliphatic carbocycles. The topological polar surface area (TPSA) is 33.2 Å². The number of benzene rings is 1. The molecule has 2 rings (SSSR count). The first kappa shape index (κ1) is 12.3. The Hall–Kier alpha value is -2.16. The Morgan fingerprint density at radius 1 is 1.06 bits per heavy atom.